The summed E-state index contributed by atoms with van der Waals surface area (Å²) in [5.41, 5.74) is -0.550. The van der Waals surface area contributed by atoms with Gasteiger partial charge >= 0.3 is 6.18 Å². The molecule has 0 fully saturated rings. The van der Waals surface area contributed by atoms with Crippen molar-refractivity contribution in [1.29, 1.82) is 0 Å². The van der Waals surface area contributed by atoms with Crippen LogP contribution in [0.1, 0.15) is 11.1 Å². The summed E-state index contributed by atoms with van der Waals surface area (Å²) in [5.74, 6) is -1.31. The van der Waals surface area contributed by atoms with Gasteiger partial charge in [-0.2, -0.15) is 13.2 Å². The highest BCUT2D eigenvalue weighted by atomic mass is 35.5. The van der Waals surface area contributed by atoms with Gasteiger partial charge in [0.1, 0.15) is 5.82 Å². The molecule has 112 valence electrons. The van der Waals surface area contributed by atoms with E-state index in [-0.39, 0.29) is 12.2 Å². The number of benzene rings is 2. The zero-order chi connectivity index (χ0) is 15.6. The molecule has 0 atom stereocenters. The third-order valence-corrected chi connectivity index (χ3v) is 3.64. The summed E-state index contributed by atoms with van der Waals surface area (Å²) in [4.78, 5) is 0. The standard InChI is InChI=1S/C14H9Cl2F4N/c15-11-3-1-2-8(13(11)16)7-21-9-4-5-12(17)10(6-9)14(18,19)20/h1-6,21H,7H2. The summed E-state index contributed by atoms with van der Waals surface area (Å²) in [5, 5.41) is 3.44. The molecular formula is C14H9Cl2F4N. The van der Waals surface area contributed by atoms with Gasteiger partial charge in [-0.05, 0) is 29.8 Å². The highest BCUT2D eigenvalue weighted by Crippen LogP contribution is 2.33. The number of rotatable bonds is 3. The van der Waals surface area contributed by atoms with E-state index in [0.717, 1.165) is 6.07 Å². The molecule has 2 aromatic rings. The predicted octanol–water partition coefficient (Wildman–Crippen LogP) is 5.76. The molecule has 0 aliphatic rings. The van der Waals surface area contributed by atoms with E-state index < -0.39 is 17.6 Å². The van der Waals surface area contributed by atoms with Crippen molar-refractivity contribution in [2.45, 2.75) is 12.7 Å². The van der Waals surface area contributed by atoms with Crippen molar-refractivity contribution in [3.05, 3.63) is 63.4 Å². The van der Waals surface area contributed by atoms with Crippen LogP contribution < -0.4 is 5.32 Å². The molecule has 0 aliphatic heterocycles. The summed E-state index contributed by atoms with van der Waals surface area (Å²) >= 11 is 11.8. The fraction of sp³-hybridized carbons (Fsp3) is 0.143. The fourth-order valence-electron chi connectivity index (χ4n) is 1.73. The molecule has 1 nitrogen and oxygen atoms in total. The van der Waals surface area contributed by atoms with Gasteiger partial charge in [-0.3, -0.25) is 0 Å². The van der Waals surface area contributed by atoms with E-state index in [1.54, 1.807) is 18.2 Å². The zero-order valence-electron chi connectivity index (χ0n) is 10.4. The largest absolute Gasteiger partial charge is 0.419 e. The average molecular weight is 338 g/mol. The Balaban J connectivity index is 2.19. The number of nitrogens with one attached hydrogen (secondary N) is 1. The summed E-state index contributed by atoms with van der Waals surface area (Å²) in [7, 11) is 0. The van der Waals surface area contributed by atoms with E-state index in [4.69, 9.17) is 23.2 Å². The Morgan fingerprint density at radius 1 is 1.05 bits per heavy atom. The van der Waals surface area contributed by atoms with Gasteiger partial charge in [0.15, 0.2) is 0 Å². The van der Waals surface area contributed by atoms with Crippen LogP contribution in [-0.2, 0) is 12.7 Å². The first-order chi connectivity index (χ1) is 9.79. The monoisotopic (exact) mass is 337 g/mol. The van der Waals surface area contributed by atoms with Crippen molar-refractivity contribution in [2.24, 2.45) is 0 Å². The Morgan fingerprint density at radius 2 is 1.76 bits per heavy atom. The van der Waals surface area contributed by atoms with Gasteiger partial charge in [-0.1, -0.05) is 35.3 Å². The van der Waals surface area contributed by atoms with E-state index in [2.05, 4.69) is 5.32 Å². The van der Waals surface area contributed by atoms with Crippen LogP contribution in [0.15, 0.2) is 36.4 Å². The molecule has 7 heteroatoms. The maximum atomic E-state index is 13.2. The smallest absolute Gasteiger partial charge is 0.381 e. The van der Waals surface area contributed by atoms with Gasteiger partial charge in [-0.15, -0.1) is 0 Å². The second-order valence-corrected chi connectivity index (χ2v) is 5.04. The molecule has 0 aromatic heterocycles. The molecule has 0 heterocycles. The molecule has 0 saturated heterocycles. The Morgan fingerprint density at radius 3 is 2.43 bits per heavy atom. The number of hydrogen-bond donors (Lipinski definition) is 1. The van der Waals surface area contributed by atoms with Crippen LogP contribution >= 0.6 is 23.2 Å². The Bertz CT molecular complexity index is 656. The van der Waals surface area contributed by atoms with E-state index in [1.165, 1.54) is 6.07 Å². The van der Waals surface area contributed by atoms with Crippen molar-refractivity contribution < 1.29 is 17.6 Å². The lowest BCUT2D eigenvalue weighted by atomic mass is 10.1. The molecule has 2 rings (SSSR count). The Kier molecular flexibility index (Phi) is 4.64. The van der Waals surface area contributed by atoms with E-state index in [9.17, 15) is 17.6 Å². The van der Waals surface area contributed by atoms with Crippen molar-refractivity contribution >= 4 is 28.9 Å². The van der Waals surface area contributed by atoms with E-state index in [1.807, 2.05) is 0 Å². The molecule has 0 bridgehead atoms. The minimum Gasteiger partial charge on any atom is -0.381 e. The molecule has 0 saturated carbocycles. The molecule has 21 heavy (non-hydrogen) atoms. The second-order valence-electron chi connectivity index (χ2n) is 4.26. The normalized spacial score (nSPS) is 11.5. The molecular weight excluding hydrogens is 329 g/mol. The molecule has 0 amide bonds. The first-order valence-corrected chi connectivity index (χ1v) is 6.58. The summed E-state index contributed by atoms with van der Waals surface area (Å²) < 4.78 is 51.0. The van der Waals surface area contributed by atoms with E-state index >= 15 is 0 Å². The highest BCUT2D eigenvalue weighted by Gasteiger charge is 2.34. The number of anilines is 1. The first-order valence-electron chi connectivity index (χ1n) is 5.82. The molecule has 1 N–H and O–H groups in total. The van der Waals surface area contributed by atoms with Crippen LogP contribution in [-0.4, -0.2) is 0 Å². The maximum Gasteiger partial charge on any atom is 0.419 e. The summed E-state index contributed by atoms with van der Waals surface area (Å²) in [6.07, 6.45) is -4.74. The third kappa shape index (κ3) is 3.80. The lowest BCUT2D eigenvalue weighted by Crippen LogP contribution is -2.09. The van der Waals surface area contributed by atoms with Crippen LogP contribution in [0.2, 0.25) is 10.0 Å². The predicted molar refractivity (Wildman–Crippen MR) is 75.2 cm³/mol. The second kappa shape index (κ2) is 6.12. The Hall–Kier alpha value is -1.46. The highest BCUT2D eigenvalue weighted by molar-refractivity contribution is 6.42. The van der Waals surface area contributed by atoms with Gasteiger partial charge in [0.2, 0.25) is 0 Å². The molecule has 0 aliphatic carbocycles. The lowest BCUT2D eigenvalue weighted by molar-refractivity contribution is -0.139. The number of alkyl halides is 3. The zero-order valence-corrected chi connectivity index (χ0v) is 12.0. The maximum absolute atomic E-state index is 13.2. The topological polar surface area (TPSA) is 12.0 Å². The van der Waals surface area contributed by atoms with Gasteiger partial charge in [-0.25, -0.2) is 4.39 Å². The summed E-state index contributed by atoms with van der Waals surface area (Å²) in [6.45, 7) is 0.169. The quantitative estimate of drug-likeness (QED) is 0.701. The van der Waals surface area contributed by atoms with Crippen LogP contribution in [0.3, 0.4) is 0 Å². The lowest BCUT2D eigenvalue weighted by Gasteiger charge is -2.12. The van der Waals surface area contributed by atoms with Gasteiger partial charge < -0.3 is 5.32 Å². The van der Waals surface area contributed by atoms with Crippen molar-refractivity contribution in [2.75, 3.05) is 5.32 Å². The van der Waals surface area contributed by atoms with E-state index in [0.29, 0.717) is 21.7 Å². The van der Waals surface area contributed by atoms with Gasteiger partial charge in [0, 0.05) is 12.2 Å². The molecule has 0 spiro atoms. The molecule has 0 radical (unpaired) electrons. The van der Waals surface area contributed by atoms with Gasteiger partial charge in [0.25, 0.3) is 0 Å². The average Bonchev–Trinajstić information content (AvgIpc) is 2.40. The summed E-state index contributed by atoms with van der Waals surface area (Å²) in [6, 6.07) is 7.68. The SMILES string of the molecule is Fc1ccc(NCc2cccc(Cl)c2Cl)cc1C(F)(F)F. The van der Waals surface area contributed by atoms with Gasteiger partial charge in [0.05, 0.1) is 15.6 Å². The molecule has 0 unspecified atom stereocenters. The fourth-order valence-corrected chi connectivity index (χ4v) is 2.12. The minimum atomic E-state index is -4.74. The Labute approximate surface area is 128 Å². The van der Waals surface area contributed by atoms with Crippen molar-refractivity contribution in [3.8, 4) is 0 Å². The van der Waals surface area contributed by atoms with Crippen molar-refractivity contribution in [1.82, 2.24) is 0 Å². The van der Waals surface area contributed by atoms with Crippen LogP contribution in [0.25, 0.3) is 0 Å². The third-order valence-electron chi connectivity index (χ3n) is 2.79. The van der Waals surface area contributed by atoms with Crippen LogP contribution in [0.5, 0.6) is 0 Å². The van der Waals surface area contributed by atoms with Crippen LogP contribution in [0, 0.1) is 5.82 Å². The first kappa shape index (κ1) is 15.9. The number of hydrogen-bond acceptors (Lipinski definition) is 1. The number of halogens is 6. The van der Waals surface area contributed by atoms with Crippen LogP contribution in [0.4, 0.5) is 23.2 Å². The minimum absolute atomic E-state index is 0.139. The molecule has 2 aromatic carbocycles. The van der Waals surface area contributed by atoms with Crippen molar-refractivity contribution in [3.63, 3.8) is 0 Å².